The summed E-state index contributed by atoms with van der Waals surface area (Å²) >= 11 is 11.8. The molecule has 0 fully saturated rings. The predicted molar refractivity (Wildman–Crippen MR) is 133 cm³/mol. The Morgan fingerprint density at radius 2 is 1.68 bits per heavy atom. The minimum absolute atomic E-state index is 0.244. The molecule has 0 aliphatic rings. The molecule has 170 valence electrons. The second-order valence-corrected chi connectivity index (χ2v) is 8.01. The Balaban J connectivity index is 1.50. The van der Waals surface area contributed by atoms with Crippen molar-refractivity contribution in [2.45, 2.75) is 0 Å². The molecular formula is C26H18Cl2N2O4. The number of hydrogen-bond acceptors (Lipinski definition) is 5. The van der Waals surface area contributed by atoms with E-state index in [0.717, 1.165) is 10.8 Å². The van der Waals surface area contributed by atoms with Crippen LogP contribution < -0.4 is 14.9 Å². The van der Waals surface area contributed by atoms with Crippen molar-refractivity contribution in [3.63, 3.8) is 0 Å². The molecule has 0 aliphatic carbocycles. The maximum absolute atomic E-state index is 12.6. The van der Waals surface area contributed by atoms with Crippen LogP contribution in [0.5, 0.6) is 11.5 Å². The van der Waals surface area contributed by atoms with Crippen molar-refractivity contribution < 1.29 is 19.1 Å². The van der Waals surface area contributed by atoms with Crippen molar-refractivity contribution in [2.24, 2.45) is 5.10 Å². The summed E-state index contributed by atoms with van der Waals surface area (Å²) in [5, 5.41) is 6.79. The van der Waals surface area contributed by atoms with Crippen LogP contribution in [0.15, 0.2) is 90.0 Å². The van der Waals surface area contributed by atoms with E-state index in [-0.39, 0.29) is 6.61 Å². The summed E-state index contributed by atoms with van der Waals surface area (Å²) in [4.78, 5) is 24.8. The van der Waals surface area contributed by atoms with Gasteiger partial charge in [0.15, 0.2) is 6.61 Å². The Kier molecular flexibility index (Phi) is 7.42. The fourth-order valence-electron chi connectivity index (χ4n) is 3.15. The zero-order valence-corrected chi connectivity index (χ0v) is 19.2. The van der Waals surface area contributed by atoms with Gasteiger partial charge in [-0.25, -0.2) is 10.2 Å². The second kappa shape index (κ2) is 10.8. The maximum atomic E-state index is 12.6. The third-order valence-electron chi connectivity index (χ3n) is 4.76. The van der Waals surface area contributed by atoms with Gasteiger partial charge in [-0.15, -0.1) is 0 Å². The smallest absolute Gasteiger partial charge is 0.343 e. The van der Waals surface area contributed by atoms with Gasteiger partial charge in [0, 0.05) is 15.6 Å². The molecule has 34 heavy (non-hydrogen) atoms. The van der Waals surface area contributed by atoms with Crippen molar-refractivity contribution >= 4 is 52.1 Å². The molecule has 8 heteroatoms. The van der Waals surface area contributed by atoms with E-state index in [4.69, 9.17) is 32.7 Å². The SMILES string of the molecule is O=C(COc1cccc(Cl)c1)N/N=C/c1c(OC(=O)c2ccc(Cl)cc2)ccc2ccccc12. The lowest BCUT2D eigenvalue weighted by Gasteiger charge is -2.11. The predicted octanol–water partition coefficient (Wildman–Crippen LogP) is 5.89. The molecule has 1 amide bonds. The third-order valence-corrected chi connectivity index (χ3v) is 5.25. The first-order valence-electron chi connectivity index (χ1n) is 10.2. The molecule has 4 aromatic carbocycles. The Morgan fingerprint density at radius 3 is 2.47 bits per heavy atom. The fraction of sp³-hybridized carbons (Fsp3) is 0.0385. The fourth-order valence-corrected chi connectivity index (χ4v) is 3.46. The van der Waals surface area contributed by atoms with Gasteiger partial charge in [-0.3, -0.25) is 4.79 Å². The zero-order valence-electron chi connectivity index (χ0n) is 17.7. The van der Waals surface area contributed by atoms with E-state index in [2.05, 4.69) is 10.5 Å². The van der Waals surface area contributed by atoms with Crippen LogP contribution >= 0.6 is 23.2 Å². The summed E-state index contributed by atoms with van der Waals surface area (Å²) in [7, 11) is 0. The molecule has 0 radical (unpaired) electrons. The average molecular weight is 493 g/mol. The third kappa shape index (κ3) is 5.92. The molecule has 0 saturated carbocycles. The summed E-state index contributed by atoms with van der Waals surface area (Å²) in [5.41, 5.74) is 3.31. The van der Waals surface area contributed by atoms with Crippen LogP contribution in [-0.4, -0.2) is 24.7 Å². The minimum atomic E-state index is -0.541. The molecule has 0 bridgehead atoms. The van der Waals surface area contributed by atoms with Crippen LogP contribution in [0.25, 0.3) is 10.8 Å². The molecule has 4 aromatic rings. The number of esters is 1. The summed E-state index contributed by atoms with van der Waals surface area (Å²) in [6.45, 7) is -0.244. The number of nitrogens with zero attached hydrogens (tertiary/aromatic N) is 1. The molecule has 1 N–H and O–H groups in total. The quantitative estimate of drug-likeness (QED) is 0.151. The van der Waals surface area contributed by atoms with E-state index >= 15 is 0 Å². The van der Waals surface area contributed by atoms with Crippen LogP contribution in [0.1, 0.15) is 15.9 Å². The molecule has 6 nitrogen and oxygen atoms in total. The van der Waals surface area contributed by atoms with Crippen molar-refractivity contribution in [1.29, 1.82) is 0 Å². The van der Waals surface area contributed by atoms with Gasteiger partial charge in [0.1, 0.15) is 11.5 Å². The van der Waals surface area contributed by atoms with Gasteiger partial charge in [-0.1, -0.05) is 59.6 Å². The number of nitrogens with one attached hydrogen (secondary N) is 1. The number of fused-ring (bicyclic) bond motifs is 1. The normalized spacial score (nSPS) is 10.9. The van der Waals surface area contributed by atoms with Gasteiger partial charge in [0.05, 0.1) is 11.8 Å². The molecule has 4 rings (SSSR count). The second-order valence-electron chi connectivity index (χ2n) is 7.13. The molecule has 0 aromatic heterocycles. The minimum Gasteiger partial charge on any atom is -0.484 e. The van der Waals surface area contributed by atoms with Crippen molar-refractivity contribution in [2.75, 3.05) is 6.61 Å². The maximum Gasteiger partial charge on any atom is 0.343 e. The molecule has 0 heterocycles. The number of hydrazone groups is 1. The van der Waals surface area contributed by atoms with E-state index in [9.17, 15) is 9.59 Å². The lowest BCUT2D eigenvalue weighted by molar-refractivity contribution is -0.123. The lowest BCUT2D eigenvalue weighted by Crippen LogP contribution is -2.24. The standard InChI is InChI=1S/C26H18Cl2N2O4/c27-19-11-8-18(9-12-19)26(32)34-24-13-10-17-4-1-2-7-22(17)23(24)15-29-30-25(31)16-33-21-6-3-5-20(28)14-21/h1-15H,16H2,(H,30,31)/b29-15+. The van der Waals surface area contributed by atoms with Gasteiger partial charge in [-0.05, 0) is 59.3 Å². The summed E-state index contributed by atoms with van der Waals surface area (Å²) in [5.74, 6) is -0.236. The molecule has 0 spiro atoms. The van der Waals surface area contributed by atoms with Crippen LogP contribution in [0, 0.1) is 0 Å². The highest BCUT2D eigenvalue weighted by Gasteiger charge is 2.14. The first kappa shape index (κ1) is 23.3. The molecular weight excluding hydrogens is 475 g/mol. The lowest BCUT2D eigenvalue weighted by atomic mass is 10.0. The van der Waals surface area contributed by atoms with Gasteiger partial charge < -0.3 is 9.47 Å². The summed E-state index contributed by atoms with van der Waals surface area (Å²) in [6.07, 6.45) is 1.43. The molecule has 0 saturated heterocycles. The number of rotatable bonds is 7. The number of benzene rings is 4. The van der Waals surface area contributed by atoms with E-state index < -0.39 is 11.9 Å². The van der Waals surface area contributed by atoms with E-state index in [0.29, 0.717) is 32.7 Å². The number of carbonyl (C=O) groups is 2. The zero-order chi connectivity index (χ0) is 23.9. The number of ether oxygens (including phenoxy) is 2. The van der Waals surface area contributed by atoms with Crippen molar-refractivity contribution in [3.8, 4) is 11.5 Å². The van der Waals surface area contributed by atoms with Gasteiger partial charge in [0.25, 0.3) is 5.91 Å². The first-order chi connectivity index (χ1) is 16.5. The largest absolute Gasteiger partial charge is 0.484 e. The van der Waals surface area contributed by atoms with Crippen molar-refractivity contribution in [3.05, 3.63) is 106 Å². The van der Waals surface area contributed by atoms with Gasteiger partial charge >= 0.3 is 5.97 Å². The summed E-state index contributed by atoms with van der Waals surface area (Å²) < 4.78 is 11.0. The number of hydrogen-bond donors (Lipinski definition) is 1. The number of halogens is 2. The van der Waals surface area contributed by atoms with Crippen LogP contribution in [0.2, 0.25) is 10.0 Å². The highest BCUT2D eigenvalue weighted by atomic mass is 35.5. The molecule has 0 unspecified atom stereocenters. The average Bonchev–Trinajstić information content (AvgIpc) is 2.84. The van der Waals surface area contributed by atoms with E-state index in [1.54, 1.807) is 54.6 Å². The topological polar surface area (TPSA) is 77.0 Å². The Bertz CT molecular complexity index is 1370. The Hall–Kier alpha value is -3.87. The Labute approximate surface area is 205 Å². The van der Waals surface area contributed by atoms with Gasteiger partial charge in [0.2, 0.25) is 0 Å². The summed E-state index contributed by atoms with van der Waals surface area (Å²) in [6, 6.07) is 24.2. The Morgan fingerprint density at radius 1 is 0.882 bits per heavy atom. The highest BCUT2D eigenvalue weighted by Crippen LogP contribution is 2.27. The number of amides is 1. The molecule has 0 atom stereocenters. The van der Waals surface area contributed by atoms with E-state index in [1.165, 1.54) is 6.21 Å². The monoisotopic (exact) mass is 492 g/mol. The highest BCUT2D eigenvalue weighted by molar-refractivity contribution is 6.31. The van der Waals surface area contributed by atoms with Gasteiger partial charge in [-0.2, -0.15) is 5.10 Å². The first-order valence-corrected chi connectivity index (χ1v) is 10.9. The van der Waals surface area contributed by atoms with Crippen LogP contribution in [-0.2, 0) is 4.79 Å². The van der Waals surface area contributed by atoms with Crippen molar-refractivity contribution in [1.82, 2.24) is 5.43 Å². The van der Waals surface area contributed by atoms with Crippen LogP contribution in [0.3, 0.4) is 0 Å². The molecule has 0 aliphatic heterocycles. The van der Waals surface area contributed by atoms with E-state index in [1.807, 2.05) is 30.3 Å². The van der Waals surface area contributed by atoms with Crippen LogP contribution in [0.4, 0.5) is 0 Å². The number of carbonyl (C=O) groups excluding carboxylic acids is 2.